The summed E-state index contributed by atoms with van der Waals surface area (Å²) in [6.45, 7) is 7.08. The number of benzene rings is 1. The van der Waals surface area contributed by atoms with Crippen molar-refractivity contribution in [2.75, 3.05) is 69.2 Å². The standard InChI is InChI=1S/C22H29ClN6O/c1-26-9-11-27(12-10-26)20-6-7-21(25-24-20)28-13-15-29(16-14-28)22(30)8-5-18-3-2-4-19(23)17-18/h2-4,6-7,17H,5,8-16H2,1H3. The van der Waals surface area contributed by atoms with Crippen LogP contribution in [0.4, 0.5) is 11.6 Å². The molecule has 160 valence electrons. The van der Waals surface area contributed by atoms with Gasteiger partial charge in [0.15, 0.2) is 11.6 Å². The minimum Gasteiger partial charge on any atom is -0.353 e. The number of aryl methyl sites for hydroxylation is 1. The Morgan fingerprint density at radius 2 is 1.50 bits per heavy atom. The largest absolute Gasteiger partial charge is 0.353 e. The monoisotopic (exact) mass is 428 g/mol. The van der Waals surface area contributed by atoms with E-state index in [2.05, 4.69) is 44.1 Å². The van der Waals surface area contributed by atoms with Gasteiger partial charge in [0.1, 0.15) is 0 Å². The molecule has 0 unspecified atom stereocenters. The topological polar surface area (TPSA) is 55.8 Å². The zero-order chi connectivity index (χ0) is 20.9. The molecule has 0 bridgehead atoms. The smallest absolute Gasteiger partial charge is 0.223 e. The van der Waals surface area contributed by atoms with Crippen LogP contribution in [-0.2, 0) is 11.2 Å². The molecule has 2 aliphatic rings. The quantitative estimate of drug-likeness (QED) is 0.727. The Bertz CT molecular complexity index is 845. The van der Waals surface area contributed by atoms with E-state index in [1.165, 1.54) is 0 Å². The minimum atomic E-state index is 0.200. The third kappa shape index (κ3) is 5.21. The average molecular weight is 429 g/mol. The number of nitrogens with zero attached hydrogens (tertiary/aromatic N) is 6. The van der Waals surface area contributed by atoms with Crippen molar-refractivity contribution in [1.29, 1.82) is 0 Å². The molecule has 2 aromatic rings. The summed E-state index contributed by atoms with van der Waals surface area (Å²) in [4.78, 5) is 21.4. The first-order valence-electron chi connectivity index (χ1n) is 10.6. The third-order valence-electron chi connectivity index (χ3n) is 5.94. The summed E-state index contributed by atoms with van der Waals surface area (Å²) in [7, 11) is 2.15. The Morgan fingerprint density at radius 1 is 0.900 bits per heavy atom. The fraction of sp³-hybridized carbons (Fsp3) is 0.500. The van der Waals surface area contributed by atoms with Gasteiger partial charge in [0.2, 0.25) is 5.91 Å². The van der Waals surface area contributed by atoms with Gasteiger partial charge in [0.25, 0.3) is 0 Å². The maximum Gasteiger partial charge on any atom is 0.223 e. The molecule has 30 heavy (non-hydrogen) atoms. The molecule has 0 aliphatic carbocycles. The average Bonchev–Trinajstić information content (AvgIpc) is 2.78. The van der Waals surface area contributed by atoms with E-state index >= 15 is 0 Å². The first-order chi connectivity index (χ1) is 14.6. The van der Waals surface area contributed by atoms with Crippen LogP contribution < -0.4 is 9.80 Å². The number of amides is 1. The van der Waals surface area contributed by atoms with Gasteiger partial charge >= 0.3 is 0 Å². The second-order valence-electron chi connectivity index (χ2n) is 8.04. The molecule has 2 saturated heterocycles. The van der Waals surface area contributed by atoms with Gasteiger partial charge in [-0.3, -0.25) is 4.79 Å². The summed E-state index contributed by atoms with van der Waals surface area (Å²) < 4.78 is 0. The molecule has 0 radical (unpaired) electrons. The van der Waals surface area contributed by atoms with Crippen LogP contribution in [-0.4, -0.2) is 85.3 Å². The lowest BCUT2D eigenvalue weighted by atomic mass is 10.1. The maximum atomic E-state index is 12.6. The molecule has 1 aromatic carbocycles. The highest BCUT2D eigenvalue weighted by molar-refractivity contribution is 6.30. The van der Waals surface area contributed by atoms with Crippen LogP contribution in [0.3, 0.4) is 0 Å². The molecule has 2 fully saturated rings. The Balaban J connectivity index is 1.25. The Kier molecular flexibility index (Phi) is 6.69. The summed E-state index contributed by atoms with van der Waals surface area (Å²) in [5.74, 6) is 2.03. The number of halogens is 1. The normalized spacial score (nSPS) is 18.0. The maximum absolute atomic E-state index is 12.6. The second-order valence-corrected chi connectivity index (χ2v) is 8.47. The summed E-state index contributed by atoms with van der Waals surface area (Å²) in [5.41, 5.74) is 1.10. The van der Waals surface area contributed by atoms with Gasteiger partial charge in [-0.1, -0.05) is 23.7 Å². The zero-order valence-electron chi connectivity index (χ0n) is 17.5. The van der Waals surface area contributed by atoms with Crippen molar-refractivity contribution >= 4 is 29.1 Å². The fourth-order valence-electron chi connectivity index (χ4n) is 3.98. The number of carbonyl (C=O) groups is 1. The number of rotatable bonds is 5. The van der Waals surface area contributed by atoms with Crippen molar-refractivity contribution in [2.24, 2.45) is 0 Å². The van der Waals surface area contributed by atoms with Gasteiger partial charge in [-0.15, -0.1) is 10.2 Å². The Hall–Kier alpha value is -2.38. The number of likely N-dealkylation sites (N-methyl/N-ethyl adjacent to an activating group) is 1. The molecule has 3 heterocycles. The third-order valence-corrected chi connectivity index (χ3v) is 6.17. The van der Waals surface area contributed by atoms with Crippen molar-refractivity contribution in [3.63, 3.8) is 0 Å². The molecule has 4 rings (SSSR count). The van der Waals surface area contributed by atoms with Gasteiger partial charge in [-0.2, -0.15) is 0 Å². The van der Waals surface area contributed by atoms with Crippen molar-refractivity contribution in [2.45, 2.75) is 12.8 Å². The van der Waals surface area contributed by atoms with Crippen molar-refractivity contribution < 1.29 is 4.79 Å². The first kappa shape index (κ1) is 20.9. The van der Waals surface area contributed by atoms with E-state index in [1.54, 1.807) is 0 Å². The molecule has 0 N–H and O–H groups in total. The van der Waals surface area contributed by atoms with E-state index in [4.69, 9.17) is 11.6 Å². The molecule has 7 nitrogen and oxygen atoms in total. The molecule has 8 heteroatoms. The molecule has 0 spiro atoms. The minimum absolute atomic E-state index is 0.200. The van der Waals surface area contributed by atoms with E-state index in [9.17, 15) is 4.79 Å². The summed E-state index contributed by atoms with van der Waals surface area (Å²) in [6.07, 6.45) is 1.23. The number of anilines is 2. The van der Waals surface area contributed by atoms with Crippen molar-refractivity contribution in [1.82, 2.24) is 20.0 Å². The number of aromatic nitrogens is 2. The number of carbonyl (C=O) groups excluding carboxylic acids is 1. The predicted octanol–water partition coefficient (Wildman–Crippen LogP) is 2.16. The molecular formula is C22H29ClN6O. The molecule has 0 atom stereocenters. The summed E-state index contributed by atoms with van der Waals surface area (Å²) >= 11 is 6.03. The van der Waals surface area contributed by atoms with Gasteiger partial charge in [-0.25, -0.2) is 0 Å². The van der Waals surface area contributed by atoms with Crippen LogP contribution in [0.1, 0.15) is 12.0 Å². The predicted molar refractivity (Wildman–Crippen MR) is 120 cm³/mol. The van der Waals surface area contributed by atoms with Gasteiger partial charge in [0.05, 0.1) is 0 Å². The van der Waals surface area contributed by atoms with Gasteiger partial charge in [0, 0.05) is 63.8 Å². The van der Waals surface area contributed by atoms with Crippen molar-refractivity contribution in [3.05, 3.63) is 47.0 Å². The second kappa shape index (κ2) is 9.62. The summed E-state index contributed by atoms with van der Waals surface area (Å²) in [5, 5.41) is 9.62. The Labute approximate surface area is 183 Å². The highest BCUT2D eigenvalue weighted by Crippen LogP contribution is 2.18. The molecular weight excluding hydrogens is 400 g/mol. The van der Waals surface area contributed by atoms with Crippen LogP contribution in [0, 0.1) is 0 Å². The first-order valence-corrected chi connectivity index (χ1v) is 11.0. The highest BCUT2D eigenvalue weighted by Gasteiger charge is 2.22. The lowest BCUT2D eigenvalue weighted by molar-refractivity contribution is -0.131. The van der Waals surface area contributed by atoms with E-state index in [0.29, 0.717) is 11.4 Å². The lowest BCUT2D eigenvalue weighted by Crippen LogP contribution is -2.49. The molecule has 2 aliphatic heterocycles. The van der Waals surface area contributed by atoms with E-state index < -0.39 is 0 Å². The molecule has 1 aromatic heterocycles. The molecule has 1 amide bonds. The van der Waals surface area contributed by atoms with Crippen LogP contribution in [0.15, 0.2) is 36.4 Å². The SMILES string of the molecule is CN1CCN(c2ccc(N3CCN(C(=O)CCc4cccc(Cl)c4)CC3)nn2)CC1. The molecule has 0 saturated carbocycles. The van der Waals surface area contributed by atoms with Crippen molar-refractivity contribution in [3.8, 4) is 0 Å². The van der Waals surface area contributed by atoms with Crippen LogP contribution in [0.25, 0.3) is 0 Å². The Morgan fingerprint density at radius 3 is 2.07 bits per heavy atom. The van der Waals surface area contributed by atoms with Gasteiger partial charge < -0.3 is 19.6 Å². The van der Waals surface area contributed by atoms with Crippen LogP contribution in [0.5, 0.6) is 0 Å². The number of hydrogen-bond acceptors (Lipinski definition) is 6. The summed E-state index contributed by atoms with van der Waals surface area (Å²) in [6, 6.07) is 11.8. The zero-order valence-corrected chi connectivity index (χ0v) is 18.3. The lowest BCUT2D eigenvalue weighted by Gasteiger charge is -2.36. The van der Waals surface area contributed by atoms with Crippen LogP contribution >= 0.6 is 11.6 Å². The fourth-order valence-corrected chi connectivity index (χ4v) is 4.19. The van der Waals surface area contributed by atoms with E-state index in [1.807, 2.05) is 29.2 Å². The highest BCUT2D eigenvalue weighted by atomic mass is 35.5. The number of piperazine rings is 2. The van der Waals surface area contributed by atoms with Crippen LogP contribution in [0.2, 0.25) is 5.02 Å². The van der Waals surface area contributed by atoms with E-state index in [-0.39, 0.29) is 5.91 Å². The van der Waals surface area contributed by atoms with E-state index in [0.717, 1.165) is 76.0 Å². The number of hydrogen-bond donors (Lipinski definition) is 0. The van der Waals surface area contributed by atoms with Gasteiger partial charge in [-0.05, 0) is 43.3 Å².